The second-order valence-corrected chi connectivity index (χ2v) is 4.32. The zero-order valence-corrected chi connectivity index (χ0v) is 9.38. The Bertz CT molecular complexity index is 336. The lowest BCUT2D eigenvalue weighted by Gasteiger charge is -1.99. The average Bonchev–Trinajstić information content (AvgIpc) is 2.51. The van der Waals surface area contributed by atoms with Gasteiger partial charge in [0.05, 0.1) is 0 Å². The van der Waals surface area contributed by atoms with E-state index in [1.165, 1.54) is 0 Å². The minimum absolute atomic E-state index is 0. The predicted molar refractivity (Wildman–Crippen MR) is 51.3 cm³/mol. The summed E-state index contributed by atoms with van der Waals surface area (Å²) in [5, 5.41) is 11.2. The van der Waals surface area contributed by atoms with Gasteiger partial charge in [-0.2, -0.15) is 21.6 Å². The molecule has 17 heavy (non-hydrogen) atoms. The molecule has 104 valence electrons. The predicted octanol–water partition coefficient (Wildman–Crippen LogP) is 0.379. The Morgan fingerprint density at radius 2 is 1.76 bits per heavy atom. The van der Waals surface area contributed by atoms with E-state index >= 15 is 0 Å². The van der Waals surface area contributed by atoms with Crippen molar-refractivity contribution >= 4 is 16.1 Å². The summed E-state index contributed by atoms with van der Waals surface area (Å²) < 4.78 is 57.5. The number of aliphatic carboxylic acids is 1. The van der Waals surface area contributed by atoms with Crippen LogP contribution in [0, 0.1) is 0 Å². The fourth-order valence-electron chi connectivity index (χ4n) is 0.895. The first-order chi connectivity index (χ1) is 7.05. The summed E-state index contributed by atoms with van der Waals surface area (Å²) >= 11 is 0. The minimum atomic E-state index is -5.84. The van der Waals surface area contributed by atoms with E-state index in [2.05, 4.69) is 5.32 Å². The number of halogens is 3. The molecule has 0 aromatic carbocycles. The monoisotopic (exact) mass is 282 g/mol. The number of carbonyl (C=O) groups is 1. The average molecular weight is 282 g/mol. The molecule has 0 aromatic rings. The molecule has 11 heteroatoms. The molecule has 0 radical (unpaired) electrons. The molecule has 0 amide bonds. The van der Waals surface area contributed by atoms with E-state index in [1.54, 1.807) is 0 Å². The molecule has 1 saturated heterocycles. The van der Waals surface area contributed by atoms with E-state index < -0.39 is 21.6 Å². The third-order valence-corrected chi connectivity index (χ3v) is 2.24. The minimum Gasteiger partial charge on any atom is -0.480 e. The zero-order chi connectivity index (χ0) is 13.0. The fraction of sp³-hybridized carbons (Fsp3) is 0.833. The number of carboxylic acid groups (broad SMARTS) is 1. The van der Waals surface area contributed by atoms with Crippen molar-refractivity contribution < 1.29 is 36.0 Å². The first-order valence-electron chi connectivity index (χ1n) is 4.05. The normalized spacial score (nSPS) is 19.9. The topological polar surface area (TPSA) is 139 Å². The highest BCUT2D eigenvalue weighted by molar-refractivity contribution is 7.86. The quantitative estimate of drug-likeness (QED) is 0.402. The fourth-order valence-corrected chi connectivity index (χ4v) is 0.895. The highest BCUT2D eigenvalue weighted by Gasteiger charge is 2.44. The van der Waals surface area contributed by atoms with E-state index in [9.17, 15) is 18.0 Å². The van der Waals surface area contributed by atoms with Gasteiger partial charge >= 0.3 is 21.6 Å². The van der Waals surface area contributed by atoms with E-state index in [0.717, 1.165) is 19.4 Å². The van der Waals surface area contributed by atoms with Crippen molar-refractivity contribution in [3.05, 3.63) is 0 Å². The van der Waals surface area contributed by atoms with Gasteiger partial charge in [-0.15, -0.1) is 0 Å². The van der Waals surface area contributed by atoms with Gasteiger partial charge in [-0.25, -0.2) is 0 Å². The maximum absolute atomic E-state index is 10.7. The molecule has 0 aliphatic carbocycles. The highest BCUT2D eigenvalue weighted by Crippen LogP contribution is 2.20. The zero-order valence-electron chi connectivity index (χ0n) is 8.57. The van der Waals surface area contributed by atoms with Crippen LogP contribution in [0.15, 0.2) is 0 Å². The van der Waals surface area contributed by atoms with Crippen molar-refractivity contribution in [2.75, 3.05) is 6.54 Å². The molecule has 0 spiro atoms. The Hall–Kier alpha value is -0.910. The van der Waals surface area contributed by atoms with Crippen LogP contribution in [0.3, 0.4) is 0 Å². The van der Waals surface area contributed by atoms with Gasteiger partial charge in [0.25, 0.3) is 0 Å². The molecule has 0 bridgehead atoms. The van der Waals surface area contributed by atoms with Crippen molar-refractivity contribution in [1.82, 2.24) is 11.5 Å². The summed E-state index contributed by atoms with van der Waals surface area (Å²) in [6, 6.07) is -0.269. The maximum atomic E-state index is 10.7. The van der Waals surface area contributed by atoms with E-state index in [0.29, 0.717) is 0 Å². The van der Waals surface area contributed by atoms with Gasteiger partial charge in [-0.05, 0) is 19.4 Å². The molecule has 0 aromatic heterocycles. The van der Waals surface area contributed by atoms with E-state index in [1.807, 2.05) is 0 Å². The van der Waals surface area contributed by atoms with Crippen LogP contribution in [0.25, 0.3) is 0 Å². The molecule has 1 aliphatic rings. The van der Waals surface area contributed by atoms with Crippen LogP contribution < -0.4 is 11.5 Å². The Labute approximate surface area is 95.3 Å². The standard InChI is InChI=1S/C5H9NO2.CHF3O3S.H3N/c7-5(8)4-2-1-3-6-4;2-1(3,4)8(5,6)7;/h4,6H,1-3H2,(H,7,8);(H,5,6,7);1H3/t4-;;/m0../s1. The van der Waals surface area contributed by atoms with Crippen LogP contribution in [0.4, 0.5) is 13.2 Å². The molecule has 1 heterocycles. The molecular formula is C6H13F3N2O5S. The lowest BCUT2D eigenvalue weighted by molar-refractivity contribution is -0.139. The van der Waals surface area contributed by atoms with Crippen molar-refractivity contribution in [3.63, 3.8) is 0 Å². The largest absolute Gasteiger partial charge is 0.522 e. The second kappa shape index (κ2) is 6.74. The SMILES string of the molecule is N.O=C(O)[C@@H]1CCCN1.O=S(=O)(O)C(F)(F)F. The Kier molecular flexibility index (Phi) is 7.31. The van der Waals surface area contributed by atoms with Gasteiger partial charge in [0.2, 0.25) is 0 Å². The van der Waals surface area contributed by atoms with Crippen molar-refractivity contribution in [2.45, 2.75) is 24.4 Å². The van der Waals surface area contributed by atoms with Gasteiger partial charge in [0.1, 0.15) is 6.04 Å². The number of hydrogen-bond donors (Lipinski definition) is 4. The summed E-state index contributed by atoms with van der Waals surface area (Å²) in [5.74, 6) is -0.720. The van der Waals surface area contributed by atoms with Crippen LogP contribution in [0.5, 0.6) is 0 Å². The van der Waals surface area contributed by atoms with Gasteiger partial charge in [-0.3, -0.25) is 9.35 Å². The molecule has 7 nitrogen and oxygen atoms in total. The number of rotatable bonds is 1. The third-order valence-electron chi connectivity index (χ3n) is 1.65. The number of hydrogen-bond acceptors (Lipinski definition) is 5. The lowest BCUT2D eigenvalue weighted by atomic mass is 10.2. The second-order valence-electron chi connectivity index (χ2n) is 2.91. The molecule has 1 rings (SSSR count). The number of nitrogens with one attached hydrogen (secondary N) is 1. The maximum Gasteiger partial charge on any atom is 0.522 e. The van der Waals surface area contributed by atoms with E-state index in [4.69, 9.17) is 18.1 Å². The highest BCUT2D eigenvalue weighted by atomic mass is 32.2. The van der Waals surface area contributed by atoms with E-state index in [-0.39, 0.29) is 12.2 Å². The van der Waals surface area contributed by atoms with Gasteiger partial charge in [-0.1, -0.05) is 0 Å². The number of carboxylic acids is 1. The molecule has 0 saturated carbocycles. The molecule has 0 unspecified atom stereocenters. The van der Waals surface area contributed by atoms with Gasteiger partial charge in [0, 0.05) is 0 Å². The summed E-state index contributed by atoms with van der Waals surface area (Å²) in [4.78, 5) is 10.1. The lowest BCUT2D eigenvalue weighted by Crippen LogP contribution is -2.29. The Morgan fingerprint density at radius 1 is 1.35 bits per heavy atom. The van der Waals surface area contributed by atoms with Gasteiger partial charge in [0.15, 0.2) is 0 Å². The smallest absolute Gasteiger partial charge is 0.480 e. The summed E-state index contributed by atoms with van der Waals surface area (Å²) in [5.41, 5.74) is -5.53. The third kappa shape index (κ3) is 7.10. The molecule has 1 fully saturated rings. The first kappa shape index (κ1) is 18.5. The molecule has 1 atom stereocenters. The van der Waals surface area contributed by atoms with Crippen LogP contribution in [-0.4, -0.2) is 42.1 Å². The van der Waals surface area contributed by atoms with Crippen LogP contribution in [0.1, 0.15) is 12.8 Å². The van der Waals surface area contributed by atoms with Crippen LogP contribution in [-0.2, 0) is 14.9 Å². The van der Waals surface area contributed by atoms with Crippen molar-refractivity contribution in [1.29, 1.82) is 0 Å². The first-order valence-corrected chi connectivity index (χ1v) is 5.49. The molecular weight excluding hydrogens is 269 g/mol. The van der Waals surface area contributed by atoms with Crippen LogP contribution >= 0.6 is 0 Å². The molecule has 6 N–H and O–H groups in total. The summed E-state index contributed by atoms with van der Waals surface area (Å²) in [7, 11) is -5.84. The summed E-state index contributed by atoms with van der Waals surface area (Å²) in [6.07, 6.45) is 1.78. The summed E-state index contributed by atoms with van der Waals surface area (Å²) in [6.45, 7) is 0.858. The van der Waals surface area contributed by atoms with Gasteiger partial charge < -0.3 is 16.6 Å². The Morgan fingerprint density at radius 3 is 1.88 bits per heavy atom. The Balaban J connectivity index is 0. The van der Waals surface area contributed by atoms with Crippen LogP contribution in [0.2, 0.25) is 0 Å². The van der Waals surface area contributed by atoms with Crippen molar-refractivity contribution in [2.24, 2.45) is 0 Å². The van der Waals surface area contributed by atoms with Crippen molar-refractivity contribution in [3.8, 4) is 0 Å². The number of alkyl halides is 3. The molecule has 1 aliphatic heterocycles.